The number of alkyl halides is 3. The average molecular weight is 307 g/mol. The van der Waals surface area contributed by atoms with E-state index in [9.17, 15) is 13.2 Å². The number of guanidine groups is 1. The maximum atomic E-state index is 11.8. The summed E-state index contributed by atoms with van der Waals surface area (Å²) in [6.45, 7) is -0.130. The minimum absolute atomic E-state index is 0.0469. The monoisotopic (exact) mass is 307 g/mol. The van der Waals surface area contributed by atoms with Crippen LogP contribution in [0.3, 0.4) is 0 Å². The van der Waals surface area contributed by atoms with Gasteiger partial charge in [-0.15, -0.1) is 0 Å². The molecule has 1 aromatic rings. The number of ether oxygens (including phenoxy) is 1. The van der Waals surface area contributed by atoms with Gasteiger partial charge in [0, 0.05) is 33.4 Å². The number of rotatable bonds is 7. The summed E-state index contributed by atoms with van der Waals surface area (Å²) >= 11 is 0. The van der Waals surface area contributed by atoms with Crippen molar-refractivity contribution in [1.82, 2.24) is 20.4 Å². The summed E-state index contributed by atoms with van der Waals surface area (Å²) in [6.07, 6.45) is -2.11. The fraction of sp³-hybridized carbons (Fsp3) is 0.667. The van der Waals surface area contributed by atoms with E-state index < -0.39 is 12.8 Å². The topological polar surface area (TPSA) is 63.5 Å². The predicted octanol–water partition coefficient (Wildman–Crippen LogP) is 1.05. The summed E-state index contributed by atoms with van der Waals surface area (Å²) < 4.78 is 41.8. The van der Waals surface area contributed by atoms with Gasteiger partial charge in [-0.05, 0) is 12.5 Å². The molecule has 0 spiro atoms. The van der Waals surface area contributed by atoms with E-state index >= 15 is 0 Å². The number of nitrogens with one attached hydrogen (secondary N) is 2. The third-order valence-corrected chi connectivity index (χ3v) is 2.61. The average Bonchev–Trinajstić information content (AvgIpc) is 2.81. The molecule has 120 valence electrons. The third kappa shape index (κ3) is 7.54. The first-order valence-corrected chi connectivity index (χ1v) is 6.48. The van der Waals surface area contributed by atoms with Crippen LogP contribution in [0.2, 0.25) is 0 Å². The van der Waals surface area contributed by atoms with Gasteiger partial charge >= 0.3 is 6.18 Å². The minimum Gasteiger partial charge on any atom is -0.372 e. The molecule has 0 fully saturated rings. The van der Waals surface area contributed by atoms with E-state index in [-0.39, 0.29) is 6.61 Å². The Balaban J connectivity index is 2.13. The molecular formula is C12H20F3N5O. The standard InChI is InChI=1S/C12H20F3N5O/c1-16-11(18-8-10-4-6-19-20(10)2)17-5-3-7-21-9-12(13,14)15/h4,6H,3,5,7-9H2,1-2H3,(H2,16,17,18). The summed E-state index contributed by atoms with van der Waals surface area (Å²) in [5.74, 6) is 0.576. The smallest absolute Gasteiger partial charge is 0.372 e. The van der Waals surface area contributed by atoms with Crippen LogP contribution in [-0.2, 0) is 18.3 Å². The number of halogens is 3. The molecule has 0 saturated heterocycles. The Bertz CT molecular complexity index is 444. The molecule has 0 unspecified atom stereocenters. The van der Waals surface area contributed by atoms with Crippen LogP contribution in [0.25, 0.3) is 0 Å². The minimum atomic E-state index is -4.27. The Labute approximate surface area is 121 Å². The van der Waals surface area contributed by atoms with Crippen LogP contribution < -0.4 is 10.6 Å². The molecule has 0 aliphatic heterocycles. The molecule has 0 aliphatic rings. The molecule has 2 N–H and O–H groups in total. The molecule has 0 saturated carbocycles. The fourth-order valence-corrected chi connectivity index (χ4v) is 1.54. The van der Waals surface area contributed by atoms with Crippen molar-refractivity contribution < 1.29 is 17.9 Å². The van der Waals surface area contributed by atoms with Crippen LogP contribution in [0.15, 0.2) is 17.3 Å². The Morgan fingerprint density at radius 1 is 1.43 bits per heavy atom. The molecule has 0 amide bonds. The summed E-state index contributed by atoms with van der Waals surface area (Å²) in [6, 6.07) is 1.88. The van der Waals surface area contributed by atoms with Crippen LogP contribution in [0.4, 0.5) is 13.2 Å². The van der Waals surface area contributed by atoms with Crippen LogP contribution in [0, 0.1) is 0 Å². The van der Waals surface area contributed by atoms with Crippen molar-refractivity contribution in [3.8, 4) is 0 Å². The molecule has 0 aliphatic carbocycles. The van der Waals surface area contributed by atoms with Gasteiger partial charge in [-0.25, -0.2) is 0 Å². The summed E-state index contributed by atoms with van der Waals surface area (Å²) in [5, 5.41) is 10.1. The first kappa shape index (κ1) is 17.3. The predicted molar refractivity (Wildman–Crippen MR) is 72.9 cm³/mol. The van der Waals surface area contributed by atoms with Gasteiger partial charge in [0.15, 0.2) is 5.96 Å². The maximum Gasteiger partial charge on any atom is 0.411 e. The lowest BCUT2D eigenvalue weighted by molar-refractivity contribution is -0.173. The molecule has 1 heterocycles. The highest BCUT2D eigenvalue weighted by Crippen LogP contribution is 2.14. The molecule has 0 aromatic carbocycles. The SMILES string of the molecule is CN=C(NCCCOCC(F)(F)F)NCc1ccnn1C. The van der Waals surface area contributed by atoms with Crippen LogP contribution in [-0.4, -0.2) is 48.7 Å². The van der Waals surface area contributed by atoms with Gasteiger partial charge in [0.25, 0.3) is 0 Å². The van der Waals surface area contributed by atoms with E-state index in [4.69, 9.17) is 0 Å². The molecule has 0 radical (unpaired) electrons. The summed E-state index contributed by atoms with van der Waals surface area (Å²) in [7, 11) is 3.46. The van der Waals surface area contributed by atoms with Gasteiger partial charge in [0.1, 0.15) is 6.61 Å². The Kier molecular flexibility index (Phi) is 7.00. The Hall–Kier alpha value is -1.77. The maximum absolute atomic E-state index is 11.8. The van der Waals surface area contributed by atoms with Gasteiger partial charge in [-0.2, -0.15) is 18.3 Å². The number of aliphatic imine (C=N–C) groups is 1. The molecule has 6 nitrogen and oxygen atoms in total. The van der Waals surface area contributed by atoms with Gasteiger partial charge in [0.2, 0.25) is 0 Å². The van der Waals surface area contributed by atoms with Crippen LogP contribution in [0.1, 0.15) is 12.1 Å². The first-order valence-electron chi connectivity index (χ1n) is 6.48. The molecular weight excluding hydrogens is 287 g/mol. The molecule has 1 aromatic heterocycles. The van der Waals surface area contributed by atoms with Crippen molar-refractivity contribution in [3.63, 3.8) is 0 Å². The van der Waals surface area contributed by atoms with Crippen molar-refractivity contribution in [3.05, 3.63) is 18.0 Å². The number of hydrogen-bond acceptors (Lipinski definition) is 3. The zero-order chi connectivity index (χ0) is 15.7. The van der Waals surface area contributed by atoms with E-state index in [0.29, 0.717) is 25.5 Å². The van der Waals surface area contributed by atoms with E-state index in [2.05, 4.69) is 25.5 Å². The Morgan fingerprint density at radius 2 is 2.19 bits per heavy atom. The van der Waals surface area contributed by atoms with Crippen LogP contribution in [0.5, 0.6) is 0 Å². The lowest BCUT2D eigenvalue weighted by atomic mass is 10.4. The normalized spacial score (nSPS) is 12.5. The zero-order valence-electron chi connectivity index (χ0n) is 12.1. The van der Waals surface area contributed by atoms with Crippen molar-refractivity contribution in [1.29, 1.82) is 0 Å². The Morgan fingerprint density at radius 3 is 2.76 bits per heavy atom. The van der Waals surface area contributed by atoms with E-state index in [1.807, 2.05) is 13.1 Å². The zero-order valence-corrected chi connectivity index (χ0v) is 12.1. The molecule has 0 atom stereocenters. The highest BCUT2D eigenvalue weighted by molar-refractivity contribution is 5.79. The van der Waals surface area contributed by atoms with E-state index in [1.54, 1.807) is 17.9 Å². The summed E-state index contributed by atoms with van der Waals surface area (Å²) in [4.78, 5) is 4.02. The summed E-state index contributed by atoms with van der Waals surface area (Å²) in [5.41, 5.74) is 0.992. The second-order valence-electron chi connectivity index (χ2n) is 4.32. The lowest BCUT2D eigenvalue weighted by Gasteiger charge is -2.12. The second kappa shape index (κ2) is 8.50. The lowest BCUT2D eigenvalue weighted by Crippen LogP contribution is -2.38. The number of aromatic nitrogens is 2. The second-order valence-corrected chi connectivity index (χ2v) is 4.32. The molecule has 9 heteroatoms. The number of nitrogens with zero attached hydrogens (tertiary/aromatic N) is 3. The van der Waals surface area contributed by atoms with Crippen molar-refractivity contribution in [2.75, 3.05) is 26.8 Å². The largest absolute Gasteiger partial charge is 0.411 e. The molecule has 0 bridgehead atoms. The first-order chi connectivity index (χ1) is 9.92. The van der Waals surface area contributed by atoms with E-state index in [0.717, 1.165) is 5.69 Å². The van der Waals surface area contributed by atoms with Crippen molar-refractivity contribution in [2.45, 2.75) is 19.1 Å². The van der Waals surface area contributed by atoms with Crippen molar-refractivity contribution in [2.24, 2.45) is 12.0 Å². The highest BCUT2D eigenvalue weighted by Gasteiger charge is 2.27. The van der Waals surface area contributed by atoms with Gasteiger partial charge in [-0.3, -0.25) is 9.67 Å². The molecule has 21 heavy (non-hydrogen) atoms. The molecule has 1 rings (SSSR count). The third-order valence-electron chi connectivity index (χ3n) is 2.61. The van der Waals surface area contributed by atoms with Crippen molar-refractivity contribution >= 4 is 5.96 Å². The van der Waals surface area contributed by atoms with Gasteiger partial charge in [0.05, 0.1) is 12.2 Å². The van der Waals surface area contributed by atoms with Gasteiger partial charge in [-0.1, -0.05) is 0 Å². The van der Waals surface area contributed by atoms with Gasteiger partial charge < -0.3 is 15.4 Å². The fourth-order valence-electron chi connectivity index (χ4n) is 1.54. The van der Waals surface area contributed by atoms with Crippen LogP contribution >= 0.6 is 0 Å². The van der Waals surface area contributed by atoms with E-state index in [1.165, 1.54) is 0 Å². The number of aryl methyl sites for hydroxylation is 1. The quantitative estimate of drug-likeness (QED) is 0.449. The highest BCUT2D eigenvalue weighted by atomic mass is 19.4. The number of hydrogen-bond donors (Lipinski definition) is 2.